The summed E-state index contributed by atoms with van der Waals surface area (Å²) < 4.78 is 6.86. The van der Waals surface area contributed by atoms with Crippen molar-refractivity contribution in [1.29, 1.82) is 5.41 Å². The molecule has 0 saturated carbocycles. The molecule has 0 bridgehead atoms. The smallest absolute Gasteiger partial charge is 0.175 e. The first-order valence-corrected chi connectivity index (χ1v) is 7.16. The summed E-state index contributed by atoms with van der Waals surface area (Å²) in [7, 11) is 0. The van der Waals surface area contributed by atoms with Crippen LogP contribution in [0.25, 0.3) is 11.0 Å². The number of nitrogens with one attached hydrogen (secondary N) is 1. The molecule has 3 aromatic rings. The maximum atomic E-state index is 8.33. The predicted molar refractivity (Wildman–Crippen MR) is 83.4 cm³/mol. The van der Waals surface area contributed by atoms with Gasteiger partial charge in [0.15, 0.2) is 11.6 Å². The number of benzene rings is 2. The number of nitrogens with zero attached hydrogens (tertiary/aromatic N) is 1. The molecule has 1 N–H and O–H groups in total. The van der Waals surface area contributed by atoms with Crippen molar-refractivity contribution in [3.63, 3.8) is 0 Å². The maximum Gasteiger partial charge on any atom is 0.175 e. The van der Waals surface area contributed by atoms with Crippen molar-refractivity contribution in [3.8, 4) is 0 Å². The van der Waals surface area contributed by atoms with Gasteiger partial charge < -0.3 is 9.32 Å². The zero-order valence-corrected chi connectivity index (χ0v) is 12.1. The second kappa shape index (κ2) is 4.21. The van der Waals surface area contributed by atoms with E-state index in [1.54, 1.807) is 0 Å². The molecule has 2 aromatic carbocycles. The Balaban J connectivity index is 1.80. The van der Waals surface area contributed by atoms with Crippen molar-refractivity contribution in [3.05, 3.63) is 64.3 Å². The molecule has 1 aromatic heterocycles. The van der Waals surface area contributed by atoms with E-state index < -0.39 is 0 Å². The van der Waals surface area contributed by atoms with Crippen molar-refractivity contribution in [1.82, 2.24) is 0 Å². The Kier molecular flexibility index (Phi) is 2.47. The van der Waals surface area contributed by atoms with Crippen molar-refractivity contribution in [2.75, 3.05) is 4.90 Å². The lowest BCUT2D eigenvalue weighted by Crippen LogP contribution is -2.23. The number of hydrogen-bond acceptors (Lipinski definition) is 2. The molecule has 1 aliphatic heterocycles. The molecule has 1 aliphatic rings. The Labute approximate surface area is 124 Å². The van der Waals surface area contributed by atoms with Gasteiger partial charge in [-0.1, -0.05) is 34.1 Å². The van der Waals surface area contributed by atoms with E-state index in [2.05, 4.69) is 22.0 Å². The number of amidine groups is 1. The number of halogens is 1. The molecule has 0 saturated heterocycles. The van der Waals surface area contributed by atoms with Crippen LogP contribution in [0.4, 0.5) is 5.69 Å². The van der Waals surface area contributed by atoms with Gasteiger partial charge in [-0.2, -0.15) is 0 Å². The first-order valence-electron chi connectivity index (χ1n) is 6.36. The zero-order chi connectivity index (χ0) is 13.7. The Bertz CT molecular complexity index is 820. The van der Waals surface area contributed by atoms with Gasteiger partial charge in [0.1, 0.15) is 5.58 Å². The van der Waals surface area contributed by atoms with Crippen LogP contribution < -0.4 is 4.90 Å². The molecular formula is C16H11BrN2O. The van der Waals surface area contributed by atoms with Crippen LogP contribution in [0.15, 0.2) is 57.4 Å². The van der Waals surface area contributed by atoms with Crippen molar-refractivity contribution in [2.24, 2.45) is 0 Å². The van der Waals surface area contributed by atoms with E-state index in [4.69, 9.17) is 9.83 Å². The van der Waals surface area contributed by atoms with Crippen LogP contribution in [0.2, 0.25) is 0 Å². The van der Waals surface area contributed by atoms with Gasteiger partial charge in [-0.15, -0.1) is 0 Å². The second-order valence-electron chi connectivity index (χ2n) is 4.82. The molecule has 0 aliphatic carbocycles. The topological polar surface area (TPSA) is 40.2 Å². The summed E-state index contributed by atoms with van der Waals surface area (Å²) in [6, 6.07) is 15.9. The third-order valence-electron chi connectivity index (χ3n) is 3.64. The number of fused-ring (bicyclic) bond motifs is 3. The molecule has 3 nitrogen and oxygen atoms in total. The van der Waals surface area contributed by atoms with Crippen LogP contribution in [0.3, 0.4) is 0 Å². The number of para-hydroxylation sites is 1. The largest absolute Gasteiger partial charge is 0.452 e. The van der Waals surface area contributed by atoms with Gasteiger partial charge in [-0.3, -0.25) is 5.41 Å². The number of rotatable bonds is 1. The van der Waals surface area contributed by atoms with E-state index in [0.29, 0.717) is 18.1 Å². The van der Waals surface area contributed by atoms with E-state index in [-0.39, 0.29) is 0 Å². The summed E-state index contributed by atoms with van der Waals surface area (Å²) in [6.07, 6.45) is 0. The highest BCUT2D eigenvalue weighted by atomic mass is 79.9. The SMILES string of the molecule is N=C1c2oc3ccccc3c2CN1c1ccc(Br)cc1. The minimum atomic E-state index is 0.429. The molecule has 0 fully saturated rings. The zero-order valence-electron chi connectivity index (χ0n) is 10.6. The molecule has 0 spiro atoms. The lowest BCUT2D eigenvalue weighted by molar-refractivity contribution is 0.604. The minimum Gasteiger partial charge on any atom is -0.452 e. The van der Waals surface area contributed by atoms with Crippen molar-refractivity contribution >= 4 is 38.4 Å². The van der Waals surface area contributed by atoms with Crippen LogP contribution in [0, 0.1) is 5.41 Å². The van der Waals surface area contributed by atoms with E-state index in [1.165, 1.54) is 0 Å². The Hall–Kier alpha value is -2.07. The monoisotopic (exact) mass is 326 g/mol. The van der Waals surface area contributed by atoms with Crippen molar-refractivity contribution < 1.29 is 4.42 Å². The number of furan rings is 1. The lowest BCUT2D eigenvalue weighted by atomic mass is 10.1. The van der Waals surface area contributed by atoms with E-state index in [1.807, 2.05) is 47.4 Å². The van der Waals surface area contributed by atoms with Gasteiger partial charge in [-0.05, 0) is 30.3 Å². The summed E-state index contributed by atoms with van der Waals surface area (Å²) >= 11 is 3.43. The van der Waals surface area contributed by atoms with E-state index in [0.717, 1.165) is 26.7 Å². The minimum absolute atomic E-state index is 0.429. The van der Waals surface area contributed by atoms with Gasteiger partial charge in [0, 0.05) is 21.1 Å². The molecule has 0 amide bonds. The first kappa shape index (κ1) is 11.7. The summed E-state index contributed by atoms with van der Waals surface area (Å²) in [5.74, 6) is 1.12. The molecular weight excluding hydrogens is 316 g/mol. The quantitative estimate of drug-likeness (QED) is 0.713. The highest BCUT2D eigenvalue weighted by Gasteiger charge is 2.31. The van der Waals surface area contributed by atoms with Crippen LogP contribution in [0.1, 0.15) is 11.3 Å². The Morgan fingerprint density at radius 3 is 2.60 bits per heavy atom. The molecule has 4 rings (SSSR count). The van der Waals surface area contributed by atoms with Gasteiger partial charge in [0.05, 0.1) is 6.54 Å². The molecule has 0 atom stereocenters. The highest BCUT2D eigenvalue weighted by Crippen LogP contribution is 2.35. The second-order valence-corrected chi connectivity index (χ2v) is 5.73. The fraction of sp³-hybridized carbons (Fsp3) is 0.0625. The summed E-state index contributed by atoms with van der Waals surface area (Å²) in [4.78, 5) is 1.97. The molecule has 0 unspecified atom stereocenters. The van der Waals surface area contributed by atoms with Crippen molar-refractivity contribution in [2.45, 2.75) is 6.54 Å². The Morgan fingerprint density at radius 1 is 1.05 bits per heavy atom. The summed E-state index contributed by atoms with van der Waals surface area (Å²) in [5, 5.41) is 9.44. The molecule has 20 heavy (non-hydrogen) atoms. The standard InChI is InChI=1S/C16H11BrN2O/c17-10-5-7-11(8-6-10)19-9-13-12-3-1-2-4-14(12)20-15(13)16(19)18/h1-8,18H,9H2. The predicted octanol–water partition coefficient (Wildman–Crippen LogP) is 4.54. The molecule has 0 radical (unpaired) electrons. The third-order valence-corrected chi connectivity index (χ3v) is 4.17. The average Bonchev–Trinajstić information content (AvgIpc) is 2.98. The third kappa shape index (κ3) is 1.61. The number of anilines is 1. The van der Waals surface area contributed by atoms with Gasteiger partial charge in [-0.25, -0.2) is 0 Å². The normalized spacial score (nSPS) is 14.1. The van der Waals surface area contributed by atoms with Crippen LogP contribution in [-0.2, 0) is 6.54 Å². The number of hydrogen-bond donors (Lipinski definition) is 1. The first-order chi connectivity index (χ1) is 9.74. The maximum absolute atomic E-state index is 8.33. The summed E-state index contributed by atoms with van der Waals surface area (Å²) in [6.45, 7) is 0.687. The van der Waals surface area contributed by atoms with Crippen LogP contribution in [0.5, 0.6) is 0 Å². The fourth-order valence-electron chi connectivity index (χ4n) is 2.65. The Morgan fingerprint density at radius 2 is 1.80 bits per heavy atom. The fourth-order valence-corrected chi connectivity index (χ4v) is 2.91. The molecule has 4 heteroatoms. The average molecular weight is 327 g/mol. The van der Waals surface area contributed by atoms with Crippen LogP contribution in [-0.4, -0.2) is 5.84 Å². The highest BCUT2D eigenvalue weighted by molar-refractivity contribution is 9.10. The molecule has 98 valence electrons. The van der Waals surface area contributed by atoms with Gasteiger partial charge in [0.25, 0.3) is 0 Å². The van der Waals surface area contributed by atoms with Gasteiger partial charge >= 0.3 is 0 Å². The molecule has 2 heterocycles. The van der Waals surface area contributed by atoms with Gasteiger partial charge in [0.2, 0.25) is 0 Å². The van der Waals surface area contributed by atoms with Crippen LogP contribution >= 0.6 is 15.9 Å². The van der Waals surface area contributed by atoms with E-state index in [9.17, 15) is 0 Å². The lowest BCUT2D eigenvalue weighted by Gasteiger charge is -2.17. The van der Waals surface area contributed by atoms with E-state index >= 15 is 0 Å². The summed E-state index contributed by atoms with van der Waals surface area (Å²) in [5.41, 5.74) is 2.97.